The fourth-order valence-corrected chi connectivity index (χ4v) is 3.12. The Hall–Kier alpha value is -4.25. The van der Waals surface area contributed by atoms with Crippen molar-refractivity contribution in [2.45, 2.75) is 6.92 Å². The van der Waals surface area contributed by atoms with Crippen LogP contribution in [0.2, 0.25) is 0 Å². The van der Waals surface area contributed by atoms with Crippen molar-refractivity contribution in [3.8, 4) is 34.3 Å². The standard InChI is InChI=1S/C21H16N6O2/c1-12(28)26-17-8-14(5-6-23-17)20-19(15-3-4-18(29-2)24-11-15)21-16(27-20)7-13(9-22)10-25-21/h3-8,10-11,27H,1-2H3,(H,23,26,28). The van der Waals surface area contributed by atoms with Gasteiger partial charge in [0.15, 0.2) is 0 Å². The first-order valence-electron chi connectivity index (χ1n) is 8.75. The summed E-state index contributed by atoms with van der Waals surface area (Å²) in [5, 5.41) is 11.9. The van der Waals surface area contributed by atoms with Gasteiger partial charge in [0.05, 0.1) is 29.4 Å². The van der Waals surface area contributed by atoms with E-state index >= 15 is 0 Å². The highest BCUT2D eigenvalue weighted by atomic mass is 16.5. The average molecular weight is 384 g/mol. The van der Waals surface area contributed by atoms with E-state index in [0.717, 1.165) is 27.9 Å². The first-order valence-corrected chi connectivity index (χ1v) is 8.75. The van der Waals surface area contributed by atoms with Gasteiger partial charge in [-0.05, 0) is 24.3 Å². The minimum atomic E-state index is -0.203. The number of rotatable bonds is 4. The van der Waals surface area contributed by atoms with Gasteiger partial charge in [0, 0.05) is 48.3 Å². The van der Waals surface area contributed by atoms with Gasteiger partial charge in [-0.15, -0.1) is 0 Å². The molecule has 0 fully saturated rings. The monoisotopic (exact) mass is 384 g/mol. The predicted molar refractivity (Wildman–Crippen MR) is 108 cm³/mol. The van der Waals surface area contributed by atoms with E-state index in [0.29, 0.717) is 22.8 Å². The number of aromatic amines is 1. The zero-order chi connectivity index (χ0) is 20.4. The molecule has 0 aliphatic heterocycles. The molecular formula is C21H16N6O2. The van der Waals surface area contributed by atoms with Gasteiger partial charge in [0.25, 0.3) is 0 Å². The van der Waals surface area contributed by atoms with Crippen LogP contribution >= 0.6 is 0 Å². The minimum absolute atomic E-state index is 0.203. The molecule has 1 amide bonds. The highest BCUT2D eigenvalue weighted by Gasteiger charge is 2.18. The molecule has 8 heteroatoms. The maximum absolute atomic E-state index is 11.4. The van der Waals surface area contributed by atoms with Gasteiger partial charge in [-0.2, -0.15) is 5.26 Å². The number of anilines is 1. The maximum Gasteiger partial charge on any atom is 0.222 e. The van der Waals surface area contributed by atoms with Crippen LogP contribution in [0.1, 0.15) is 12.5 Å². The van der Waals surface area contributed by atoms with Crippen molar-refractivity contribution in [3.63, 3.8) is 0 Å². The molecule has 0 radical (unpaired) electrons. The van der Waals surface area contributed by atoms with Crippen LogP contribution in [0.15, 0.2) is 48.9 Å². The Balaban J connectivity index is 1.95. The summed E-state index contributed by atoms with van der Waals surface area (Å²) < 4.78 is 5.15. The van der Waals surface area contributed by atoms with E-state index in [1.165, 1.54) is 13.1 Å². The molecule has 29 heavy (non-hydrogen) atoms. The normalized spacial score (nSPS) is 10.5. The molecule has 0 saturated carbocycles. The fraction of sp³-hybridized carbons (Fsp3) is 0.0952. The Morgan fingerprint density at radius 3 is 2.69 bits per heavy atom. The Kier molecular flexibility index (Phi) is 4.63. The molecule has 0 aliphatic rings. The van der Waals surface area contributed by atoms with Crippen molar-refractivity contribution in [2.24, 2.45) is 0 Å². The van der Waals surface area contributed by atoms with Crippen molar-refractivity contribution >= 4 is 22.8 Å². The summed E-state index contributed by atoms with van der Waals surface area (Å²) in [5.74, 6) is 0.746. The van der Waals surface area contributed by atoms with Crippen molar-refractivity contribution in [1.29, 1.82) is 5.26 Å². The van der Waals surface area contributed by atoms with Crippen LogP contribution in [0.5, 0.6) is 5.88 Å². The van der Waals surface area contributed by atoms with Crippen molar-refractivity contribution in [2.75, 3.05) is 12.4 Å². The number of carbonyl (C=O) groups excluding carboxylic acids is 1. The third kappa shape index (κ3) is 3.49. The van der Waals surface area contributed by atoms with E-state index in [-0.39, 0.29) is 5.91 Å². The molecule has 0 aliphatic carbocycles. The average Bonchev–Trinajstić information content (AvgIpc) is 3.12. The molecule has 4 heterocycles. The summed E-state index contributed by atoms with van der Waals surface area (Å²) >= 11 is 0. The number of carbonyl (C=O) groups is 1. The second kappa shape index (κ2) is 7.40. The van der Waals surface area contributed by atoms with E-state index in [1.54, 1.807) is 37.7 Å². The van der Waals surface area contributed by atoms with Crippen LogP contribution in [0.25, 0.3) is 33.4 Å². The SMILES string of the molecule is COc1ccc(-c2c(-c3ccnc(NC(C)=O)c3)[nH]c3cc(C#N)cnc23)cn1. The minimum Gasteiger partial charge on any atom is -0.481 e. The molecule has 4 rings (SSSR count). The summed E-state index contributed by atoms with van der Waals surface area (Å²) in [6.07, 6.45) is 4.87. The van der Waals surface area contributed by atoms with Crippen LogP contribution in [-0.4, -0.2) is 33.0 Å². The van der Waals surface area contributed by atoms with Gasteiger partial charge in [0.1, 0.15) is 11.9 Å². The molecule has 4 aromatic heterocycles. The van der Waals surface area contributed by atoms with Crippen molar-refractivity contribution in [3.05, 3.63) is 54.5 Å². The number of methoxy groups -OCH3 is 1. The topological polar surface area (TPSA) is 117 Å². The molecule has 2 N–H and O–H groups in total. The molecule has 0 unspecified atom stereocenters. The number of nitrogens with zero attached hydrogens (tertiary/aromatic N) is 4. The number of nitrogens with one attached hydrogen (secondary N) is 2. The zero-order valence-corrected chi connectivity index (χ0v) is 15.7. The first-order chi connectivity index (χ1) is 14.1. The fourth-order valence-electron chi connectivity index (χ4n) is 3.12. The Morgan fingerprint density at radius 2 is 2.00 bits per heavy atom. The van der Waals surface area contributed by atoms with Gasteiger partial charge in [-0.1, -0.05) is 0 Å². The number of fused-ring (bicyclic) bond motifs is 1. The highest BCUT2D eigenvalue weighted by molar-refractivity contribution is 6.02. The molecule has 142 valence electrons. The zero-order valence-electron chi connectivity index (χ0n) is 15.7. The van der Waals surface area contributed by atoms with Crippen LogP contribution in [0, 0.1) is 11.3 Å². The smallest absolute Gasteiger partial charge is 0.222 e. The molecule has 0 bridgehead atoms. The number of hydrogen-bond acceptors (Lipinski definition) is 6. The quantitative estimate of drug-likeness (QED) is 0.556. The second-order valence-electron chi connectivity index (χ2n) is 6.31. The lowest BCUT2D eigenvalue weighted by atomic mass is 10.0. The number of aromatic nitrogens is 4. The van der Waals surface area contributed by atoms with Gasteiger partial charge in [-0.3, -0.25) is 9.78 Å². The molecule has 0 aromatic carbocycles. The molecule has 4 aromatic rings. The number of nitriles is 1. The number of pyridine rings is 3. The maximum atomic E-state index is 11.4. The van der Waals surface area contributed by atoms with E-state index in [4.69, 9.17) is 4.74 Å². The second-order valence-corrected chi connectivity index (χ2v) is 6.31. The first kappa shape index (κ1) is 18.1. The third-order valence-corrected chi connectivity index (χ3v) is 4.35. The van der Waals surface area contributed by atoms with E-state index < -0.39 is 0 Å². The summed E-state index contributed by atoms with van der Waals surface area (Å²) in [4.78, 5) is 27.7. The van der Waals surface area contributed by atoms with Crippen molar-refractivity contribution in [1.82, 2.24) is 19.9 Å². The highest BCUT2D eigenvalue weighted by Crippen LogP contribution is 2.38. The molecule has 8 nitrogen and oxygen atoms in total. The van der Waals surface area contributed by atoms with Gasteiger partial charge < -0.3 is 15.0 Å². The summed E-state index contributed by atoms with van der Waals surface area (Å²) in [5.41, 5.74) is 5.15. The molecule has 0 saturated heterocycles. The van der Waals surface area contributed by atoms with Crippen LogP contribution < -0.4 is 10.1 Å². The largest absolute Gasteiger partial charge is 0.481 e. The number of amides is 1. The number of hydrogen-bond donors (Lipinski definition) is 2. The van der Waals surface area contributed by atoms with Gasteiger partial charge in [-0.25, -0.2) is 9.97 Å². The predicted octanol–water partition coefficient (Wildman–Crippen LogP) is 3.53. The summed E-state index contributed by atoms with van der Waals surface area (Å²) in [6, 6.07) is 11.1. The molecule has 0 spiro atoms. The third-order valence-electron chi connectivity index (χ3n) is 4.35. The van der Waals surface area contributed by atoms with Crippen LogP contribution in [0.3, 0.4) is 0 Å². The number of ether oxygens (including phenoxy) is 1. The van der Waals surface area contributed by atoms with Crippen LogP contribution in [-0.2, 0) is 4.79 Å². The lowest BCUT2D eigenvalue weighted by molar-refractivity contribution is -0.114. The Labute approximate surface area is 166 Å². The molecular weight excluding hydrogens is 368 g/mol. The van der Waals surface area contributed by atoms with Gasteiger partial charge >= 0.3 is 0 Å². The lowest BCUT2D eigenvalue weighted by Gasteiger charge is -2.08. The van der Waals surface area contributed by atoms with Gasteiger partial charge in [0.2, 0.25) is 11.8 Å². The Bertz CT molecular complexity index is 1250. The van der Waals surface area contributed by atoms with E-state index in [2.05, 4.69) is 31.3 Å². The van der Waals surface area contributed by atoms with Crippen LogP contribution in [0.4, 0.5) is 5.82 Å². The van der Waals surface area contributed by atoms with E-state index in [1.807, 2.05) is 12.1 Å². The lowest BCUT2D eigenvalue weighted by Crippen LogP contribution is -2.07. The summed E-state index contributed by atoms with van der Waals surface area (Å²) in [7, 11) is 1.56. The Morgan fingerprint density at radius 1 is 1.14 bits per heavy atom. The summed E-state index contributed by atoms with van der Waals surface area (Å²) in [6.45, 7) is 1.43. The number of H-pyrrole nitrogens is 1. The molecule has 0 atom stereocenters. The van der Waals surface area contributed by atoms with Crippen molar-refractivity contribution < 1.29 is 9.53 Å². The van der Waals surface area contributed by atoms with E-state index in [9.17, 15) is 10.1 Å².